The molecular formula is C31H35Cl2N3O4S. The number of hydrogen-bond acceptors (Lipinski definition) is 4. The van der Waals surface area contributed by atoms with Gasteiger partial charge in [-0.15, -0.1) is 0 Å². The minimum absolute atomic E-state index is 0.00761. The number of rotatable bonds is 11. The molecule has 3 aromatic carbocycles. The van der Waals surface area contributed by atoms with E-state index in [-0.39, 0.29) is 23.4 Å². The molecule has 0 bridgehead atoms. The maximum absolute atomic E-state index is 14.2. The standard InChI is InChI=1S/C31H35Cl2N3O4S/c1-3-28(31(38)34-26-9-5-6-10-26)35(20-23-12-14-24(32)15-13-23)30(37)21-36(29-11-7-4-8-22(29)2)41(39,40)27-18-16-25(33)17-19-27/h4,7-8,11-19,26,28H,3,5-6,9-10,20-21H2,1-2H3,(H,34,38)/t28-/m0/s1. The zero-order valence-electron chi connectivity index (χ0n) is 23.2. The van der Waals surface area contributed by atoms with Crippen LogP contribution in [0.5, 0.6) is 0 Å². The van der Waals surface area contributed by atoms with Gasteiger partial charge in [0.1, 0.15) is 12.6 Å². The Balaban J connectivity index is 1.72. The van der Waals surface area contributed by atoms with Crippen molar-refractivity contribution in [3.05, 3.63) is 94.0 Å². The first-order valence-corrected chi connectivity index (χ1v) is 16.0. The van der Waals surface area contributed by atoms with Gasteiger partial charge in [-0.05, 0) is 79.8 Å². The summed E-state index contributed by atoms with van der Waals surface area (Å²) >= 11 is 12.1. The van der Waals surface area contributed by atoms with Gasteiger partial charge in [0.25, 0.3) is 10.0 Å². The van der Waals surface area contributed by atoms with Crippen molar-refractivity contribution in [1.82, 2.24) is 10.2 Å². The quantitative estimate of drug-likeness (QED) is 0.272. The van der Waals surface area contributed by atoms with Crippen LogP contribution in [0, 0.1) is 6.92 Å². The minimum atomic E-state index is -4.16. The van der Waals surface area contributed by atoms with Crippen molar-refractivity contribution < 1.29 is 18.0 Å². The van der Waals surface area contributed by atoms with E-state index >= 15 is 0 Å². The van der Waals surface area contributed by atoms with Gasteiger partial charge in [-0.1, -0.05) is 73.3 Å². The van der Waals surface area contributed by atoms with Crippen molar-refractivity contribution >= 4 is 50.7 Å². The van der Waals surface area contributed by atoms with Crippen molar-refractivity contribution in [3.8, 4) is 0 Å². The van der Waals surface area contributed by atoms with E-state index in [2.05, 4.69) is 5.32 Å². The Morgan fingerprint density at radius 3 is 2.10 bits per heavy atom. The van der Waals surface area contributed by atoms with E-state index < -0.39 is 28.5 Å². The van der Waals surface area contributed by atoms with Crippen molar-refractivity contribution in [3.63, 3.8) is 0 Å². The van der Waals surface area contributed by atoms with Crippen LogP contribution in [-0.4, -0.2) is 43.8 Å². The first kappa shape index (κ1) is 30.9. The van der Waals surface area contributed by atoms with Crippen LogP contribution < -0.4 is 9.62 Å². The van der Waals surface area contributed by atoms with Gasteiger partial charge in [0, 0.05) is 22.6 Å². The Labute approximate surface area is 252 Å². The molecule has 0 aliphatic heterocycles. The highest BCUT2D eigenvalue weighted by Gasteiger charge is 2.35. The highest BCUT2D eigenvalue weighted by atomic mass is 35.5. The molecule has 218 valence electrons. The Morgan fingerprint density at radius 2 is 1.51 bits per heavy atom. The predicted octanol–water partition coefficient (Wildman–Crippen LogP) is 6.36. The first-order chi connectivity index (χ1) is 19.6. The molecule has 0 unspecified atom stereocenters. The number of sulfonamides is 1. The number of carbonyl (C=O) groups is 2. The van der Waals surface area contributed by atoms with Crippen LogP contribution in [0.3, 0.4) is 0 Å². The monoisotopic (exact) mass is 615 g/mol. The lowest BCUT2D eigenvalue weighted by Crippen LogP contribution is -2.53. The number of benzene rings is 3. The Bertz CT molecular complexity index is 1460. The largest absolute Gasteiger partial charge is 0.352 e. The lowest BCUT2D eigenvalue weighted by Gasteiger charge is -2.34. The molecule has 1 N–H and O–H groups in total. The van der Waals surface area contributed by atoms with Gasteiger partial charge in [0.05, 0.1) is 10.6 Å². The maximum atomic E-state index is 14.2. The number of hydrogen-bond donors (Lipinski definition) is 1. The molecule has 0 spiro atoms. The number of nitrogens with one attached hydrogen (secondary N) is 1. The highest BCUT2D eigenvalue weighted by molar-refractivity contribution is 7.92. The molecule has 0 heterocycles. The molecule has 3 aromatic rings. The van der Waals surface area contributed by atoms with Crippen LogP contribution >= 0.6 is 23.2 Å². The van der Waals surface area contributed by atoms with Gasteiger partial charge in [0.2, 0.25) is 11.8 Å². The fourth-order valence-corrected chi connectivity index (χ4v) is 6.89. The van der Waals surface area contributed by atoms with Gasteiger partial charge in [0.15, 0.2) is 0 Å². The van der Waals surface area contributed by atoms with Gasteiger partial charge in [-0.3, -0.25) is 13.9 Å². The molecule has 4 rings (SSSR count). The molecule has 1 fully saturated rings. The average Bonchev–Trinajstić information content (AvgIpc) is 3.46. The van der Waals surface area contributed by atoms with E-state index in [0.29, 0.717) is 27.7 Å². The summed E-state index contributed by atoms with van der Waals surface area (Å²) in [5, 5.41) is 4.07. The van der Waals surface area contributed by atoms with Crippen LogP contribution in [0.4, 0.5) is 5.69 Å². The summed E-state index contributed by atoms with van der Waals surface area (Å²) in [5.41, 5.74) is 1.84. The summed E-state index contributed by atoms with van der Waals surface area (Å²) in [4.78, 5) is 29.2. The highest BCUT2D eigenvalue weighted by Crippen LogP contribution is 2.28. The summed E-state index contributed by atoms with van der Waals surface area (Å²) in [7, 11) is -4.16. The van der Waals surface area contributed by atoms with Crippen molar-refractivity contribution in [2.45, 2.75) is 69.5 Å². The molecule has 1 aliphatic rings. The van der Waals surface area contributed by atoms with Gasteiger partial charge < -0.3 is 10.2 Å². The lowest BCUT2D eigenvalue weighted by molar-refractivity contribution is -0.140. The third-order valence-corrected chi connectivity index (χ3v) is 9.70. The summed E-state index contributed by atoms with van der Waals surface area (Å²) in [6, 6.07) is 19.2. The van der Waals surface area contributed by atoms with Crippen LogP contribution in [0.1, 0.15) is 50.2 Å². The van der Waals surface area contributed by atoms with E-state index in [1.54, 1.807) is 55.5 Å². The Hall–Kier alpha value is -3.07. The van der Waals surface area contributed by atoms with Crippen LogP contribution in [0.25, 0.3) is 0 Å². The number of para-hydroxylation sites is 1. The number of halogens is 2. The normalized spacial score (nSPS) is 14.4. The molecular weight excluding hydrogens is 581 g/mol. The summed E-state index contributed by atoms with van der Waals surface area (Å²) in [6.07, 6.45) is 4.31. The zero-order valence-corrected chi connectivity index (χ0v) is 25.6. The fraction of sp³-hybridized carbons (Fsp3) is 0.355. The van der Waals surface area contributed by atoms with Gasteiger partial charge in [-0.2, -0.15) is 0 Å². The molecule has 0 aromatic heterocycles. The molecule has 1 saturated carbocycles. The number of anilines is 1. The number of aryl methyl sites for hydroxylation is 1. The van der Waals surface area contributed by atoms with E-state index in [4.69, 9.17) is 23.2 Å². The third-order valence-electron chi connectivity index (χ3n) is 7.42. The van der Waals surface area contributed by atoms with E-state index in [9.17, 15) is 18.0 Å². The molecule has 0 radical (unpaired) electrons. The van der Waals surface area contributed by atoms with Crippen LogP contribution in [-0.2, 0) is 26.2 Å². The maximum Gasteiger partial charge on any atom is 0.264 e. The molecule has 1 aliphatic carbocycles. The minimum Gasteiger partial charge on any atom is -0.352 e. The Kier molecular flexibility index (Phi) is 10.3. The molecule has 41 heavy (non-hydrogen) atoms. The van der Waals surface area contributed by atoms with Gasteiger partial charge >= 0.3 is 0 Å². The number of carbonyl (C=O) groups excluding carboxylic acids is 2. The number of amides is 2. The second kappa shape index (κ2) is 13.7. The van der Waals surface area contributed by atoms with E-state index in [0.717, 1.165) is 35.6 Å². The topological polar surface area (TPSA) is 86.8 Å². The SMILES string of the molecule is CC[C@@H](C(=O)NC1CCCC1)N(Cc1ccc(Cl)cc1)C(=O)CN(c1ccccc1C)S(=O)(=O)c1ccc(Cl)cc1. The zero-order chi connectivity index (χ0) is 29.6. The van der Waals surface area contributed by atoms with E-state index in [1.165, 1.54) is 29.2 Å². The predicted molar refractivity (Wildman–Crippen MR) is 164 cm³/mol. The summed E-state index contributed by atoms with van der Waals surface area (Å²) in [6.45, 7) is 3.27. The van der Waals surface area contributed by atoms with E-state index in [1.807, 2.05) is 6.92 Å². The smallest absolute Gasteiger partial charge is 0.264 e. The molecule has 7 nitrogen and oxygen atoms in total. The van der Waals surface area contributed by atoms with Crippen molar-refractivity contribution in [2.24, 2.45) is 0 Å². The number of nitrogens with zero attached hydrogens (tertiary/aromatic N) is 2. The molecule has 1 atom stereocenters. The van der Waals surface area contributed by atoms with Crippen molar-refractivity contribution in [2.75, 3.05) is 10.8 Å². The molecule has 10 heteroatoms. The van der Waals surface area contributed by atoms with Crippen LogP contribution in [0.2, 0.25) is 10.0 Å². The summed E-state index contributed by atoms with van der Waals surface area (Å²) < 4.78 is 29.1. The van der Waals surface area contributed by atoms with Crippen molar-refractivity contribution in [1.29, 1.82) is 0 Å². The fourth-order valence-electron chi connectivity index (χ4n) is 5.16. The third kappa shape index (κ3) is 7.61. The molecule has 0 saturated heterocycles. The van der Waals surface area contributed by atoms with Crippen LogP contribution in [0.15, 0.2) is 77.7 Å². The summed E-state index contributed by atoms with van der Waals surface area (Å²) in [5.74, 6) is -0.723. The second-order valence-electron chi connectivity index (χ2n) is 10.3. The average molecular weight is 617 g/mol. The molecule has 2 amide bonds. The van der Waals surface area contributed by atoms with Gasteiger partial charge in [-0.25, -0.2) is 8.42 Å². The first-order valence-electron chi connectivity index (χ1n) is 13.8. The Morgan fingerprint density at radius 1 is 0.927 bits per heavy atom. The lowest BCUT2D eigenvalue weighted by atomic mass is 10.1. The second-order valence-corrected chi connectivity index (χ2v) is 13.0.